The number of anilines is 2. The second kappa shape index (κ2) is 3.78. The highest BCUT2D eigenvalue weighted by molar-refractivity contribution is 5.64. The van der Waals surface area contributed by atoms with Crippen molar-refractivity contribution in [1.29, 1.82) is 0 Å². The summed E-state index contributed by atoms with van der Waals surface area (Å²) >= 11 is 0. The predicted octanol–water partition coefficient (Wildman–Crippen LogP) is 0.0344. The summed E-state index contributed by atoms with van der Waals surface area (Å²) in [5.41, 5.74) is 12.5. The Hall–Kier alpha value is -1.29. The van der Waals surface area contributed by atoms with Gasteiger partial charge in [-0.2, -0.15) is 0 Å². The third-order valence-corrected chi connectivity index (χ3v) is 1.31. The molecule has 1 aromatic rings. The molecule has 0 aliphatic carbocycles. The number of nitrogen functional groups attached to an aromatic ring is 1. The zero-order valence-corrected chi connectivity index (χ0v) is 6.25. The molecule has 0 radical (unpaired) electrons. The van der Waals surface area contributed by atoms with Gasteiger partial charge in [-0.05, 0) is 6.07 Å². The van der Waals surface area contributed by atoms with Crippen molar-refractivity contribution in [1.82, 2.24) is 4.98 Å². The zero-order chi connectivity index (χ0) is 8.10. The number of hydrogen-bond donors (Lipinski definition) is 3. The molecule has 1 heterocycles. The molecule has 4 heteroatoms. The minimum Gasteiger partial charge on any atom is -0.396 e. The van der Waals surface area contributed by atoms with E-state index in [1.165, 1.54) is 0 Å². The Kier molecular flexibility index (Phi) is 2.68. The highest BCUT2D eigenvalue weighted by Gasteiger charge is 1.93. The number of nitrogens with two attached hydrogens (primary N) is 2. The van der Waals surface area contributed by atoms with Crippen LogP contribution in [0.2, 0.25) is 0 Å². The van der Waals surface area contributed by atoms with E-state index >= 15 is 0 Å². The average Bonchev–Trinajstić information content (AvgIpc) is 2.03. The number of nitrogens with one attached hydrogen (secondary N) is 1. The first-order chi connectivity index (χ1) is 5.34. The molecule has 0 saturated heterocycles. The lowest BCUT2D eigenvalue weighted by molar-refractivity contribution is 1.02. The van der Waals surface area contributed by atoms with Gasteiger partial charge in [0.2, 0.25) is 0 Å². The van der Waals surface area contributed by atoms with Gasteiger partial charge in [0.05, 0.1) is 17.6 Å². The third-order valence-electron chi connectivity index (χ3n) is 1.31. The van der Waals surface area contributed by atoms with Gasteiger partial charge in [0.15, 0.2) is 0 Å². The molecule has 0 fully saturated rings. The Morgan fingerprint density at radius 2 is 2.36 bits per heavy atom. The normalized spacial score (nSPS) is 9.55. The van der Waals surface area contributed by atoms with Crippen LogP contribution < -0.4 is 16.8 Å². The summed E-state index contributed by atoms with van der Waals surface area (Å²) in [5, 5.41) is 3.07. The minimum atomic E-state index is 0.599. The van der Waals surface area contributed by atoms with Crippen LogP contribution in [0, 0.1) is 0 Å². The summed E-state index contributed by atoms with van der Waals surface area (Å²) < 4.78 is 0. The lowest BCUT2D eigenvalue weighted by atomic mass is 10.3. The van der Waals surface area contributed by atoms with Crippen molar-refractivity contribution in [3.63, 3.8) is 0 Å². The molecule has 1 aromatic heterocycles. The maximum atomic E-state index is 5.60. The molecule has 0 aromatic carbocycles. The molecule has 0 unspecified atom stereocenters. The van der Waals surface area contributed by atoms with Gasteiger partial charge in [-0.3, -0.25) is 4.98 Å². The standard InChI is InChI=1S/C7H12N4/c8-2-4-11-7-1-3-10-5-6(7)9/h1,3,5H,2,4,8-9H2,(H,10,11). The van der Waals surface area contributed by atoms with E-state index in [0.717, 1.165) is 12.2 Å². The Bertz CT molecular complexity index is 223. The molecule has 0 saturated carbocycles. The summed E-state index contributed by atoms with van der Waals surface area (Å²) in [6.45, 7) is 1.33. The molecule has 5 N–H and O–H groups in total. The molecule has 11 heavy (non-hydrogen) atoms. The molecule has 4 nitrogen and oxygen atoms in total. The number of rotatable bonds is 3. The maximum Gasteiger partial charge on any atom is 0.0736 e. The first kappa shape index (κ1) is 7.81. The van der Waals surface area contributed by atoms with Crippen LogP contribution in [-0.4, -0.2) is 18.1 Å². The Balaban J connectivity index is 2.62. The number of nitrogens with zero attached hydrogens (tertiary/aromatic N) is 1. The van der Waals surface area contributed by atoms with E-state index in [1.807, 2.05) is 6.07 Å². The van der Waals surface area contributed by atoms with E-state index < -0.39 is 0 Å². The molecule has 1 rings (SSSR count). The van der Waals surface area contributed by atoms with E-state index in [2.05, 4.69) is 10.3 Å². The highest BCUT2D eigenvalue weighted by Crippen LogP contribution is 2.13. The summed E-state index contributed by atoms with van der Waals surface area (Å²) in [6, 6.07) is 1.82. The topological polar surface area (TPSA) is 77.0 Å². The van der Waals surface area contributed by atoms with Gasteiger partial charge >= 0.3 is 0 Å². The van der Waals surface area contributed by atoms with Gasteiger partial charge in [-0.1, -0.05) is 0 Å². The molecular formula is C7H12N4. The third kappa shape index (κ3) is 2.09. The van der Waals surface area contributed by atoms with Crippen LogP contribution in [0.4, 0.5) is 11.4 Å². The second-order valence-corrected chi connectivity index (χ2v) is 2.18. The van der Waals surface area contributed by atoms with Gasteiger partial charge in [0.25, 0.3) is 0 Å². The number of aromatic nitrogens is 1. The zero-order valence-electron chi connectivity index (χ0n) is 6.25. The van der Waals surface area contributed by atoms with Crippen molar-refractivity contribution < 1.29 is 0 Å². The SMILES string of the molecule is NCCNc1ccncc1N. The predicted molar refractivity (Wildman–Crippen MR) is 46.2 cm³/mol. The number of pyridine rings is 1. The molecule has 60 valence electrons. The van der Waals surface area contributed by atoms with E-state index in [1.54, 1.807) is 12.4 Å². The van der Waals surface area contributed by atoms with E-state index in [0.29, 0.717) is 12.2 Å². The summed E-state index contributed by atoms with van der Waals surface area (Å²) in [4.78, 5) is 3.86. The molecular weight excluding hydrogens is 140 g/mol. The van der Waals surface area contributed by atoms with Gasteiger partial charge in [-0.25, -0.2) is 0 Å². The average molecular weight is 152 g/mol. The summed E-state index contributed by atoms with van der Waals surface area (Å²) in [5.74, 6) is 0. The van der Waals surface area contributed by atoms with Crippen molar-refractivity contribution in [3.05, 3.63) is 18.5 Å². The molecule has 0 spiro atoms. The van der Waals surface area contributed by atoms with E-state index in [-0.39, 0.29) is 0 Å². The van der Waals surface area contributed by atoms with E-state index in [4.69, 9.17) is 11.5 Å². The van der Waals surface area contributed by atoms with Gasteiger partial charge in [0.1, 0.15) is 0 Å². The van der Waals surface area contributed by atoms with Crippen molar-refractivity contribution in [2.45, 2.75) is 0 Å². The largest absolute Gasteiger partial charge is 0.396 e. The Morgan fingerprint density at radius 3 is 3.00 bits per heavy atom. The first-order valence-electron chi connectivity index (χ1n) is 3.48. The molecule has 0 aliphatic rings. The Morgan fingerprint density at radius 1 is 1.55 bits per heavy atom. The second-order valence-electron chi connectivity index (χ2n) is 2.18. The molecule has 0 aliphatic heterocycles. The fraction of sp³-hybridized carbons (Fsp3) is 0.286. The number of hydrogen-bond acceptors (Lipinski definition) is 4. The van der Waals surface area contributed by atoms with Crippen LogP contribution >= 0.6 is 0 Å². The molecule has 0 amide bonds. The van der Waals surface area contributed by atoms with E-state index in [9.17, 15) is 0 Å². The first-order valence-corrected chi connectivity index (χ1v) is 3.48. The van der Waals surface area contributed by atoms with Crippen LogP contribution in [-0.2, 0) is 0 Å². The van der Waals surface area contributed by atoms with Gasteiger partial charge < -0.3 is 16.8 Å². The van der Waals surface area contributed by atoms with Gasteiger partial charge in [-0.15, -0.1) is 0 Å². The molecule has 0 bridgehead atoms. The van der Waals surface area contributed by atoms with Crippen molar-refractivity contribution >= 4 is 11.4 Å². The van der Waals surface area contributed by atoms with Crippen LogP contribution in [0.15, 0.2) is 18.5 Å². The van der Waals surface area contributed by atoms with Crippen molar-refractivity contribution in [2.75, 3.05) is 24.1 Å². The summed E-state index contributed by atoms with van der Waals surface area (Å²) in [7, 11) is 0. The lowest BCUT2D eigenvalue weighted by Gasteiger charge is -2.05. The van der Waals surface area contributed by atoms with Crippen molar-refractivity contribution in [3.8, 4) is 0 Å². The van der Waals surface area contributed by atoms with Crippen molar-refractivity contribution in [2.24, 2.45) is 5.73 Å². The highest BCUT2D eigenvalue weighted by atomic mass is 14.9. The van der Waals surface area contributed by atoms with Crippen LogP contribution in [0.1, 0.15) is 0 Å². The Labute approximate surface area is 65.6 Å². The maximum absolute atomic E-state index is 5.60. The molecule has 0 atom stereocenters. The van der Waals surface area contributed by atoms with Crippen LogP contribution in [0.3, 0.4) is 0 Å². The fourth-order valence-corrected chi connectivity index (χ4v) is 0.774. The van der Waals surface area contributed by atoms with Gasteiger partial charge in [0, 0.05) is 19.3 Å². The monoisotopic (exact) mass is 152 g/mol. The quantitative estimate of drug-likeness (QED) is 0.571. The van der Waals surface area contributed by atoms with Crippen LogP contribution in [0.25, 0.3) is 0 Å². The minimum absolute atomic E-state index is 0.599. The fourth-order valence-electron chi connectivity index (χ4n) is 0.774. The summed E-state index contributed by atoms with van der Waals surface area (Å²) in [6.07, 6.45) is 3.30. The lowest BCUT2D eigenvalue weighted by Crippen LogP contribution is -2.13. The smallest absolute Gasteiger partial charge is 0.0736 e. The van der Waals surface area contributed by atoms with Crippen LogP contribution in [0.5, 0.6) is 0 Å².